The second-order valence-corrected chi connectivity index (χ2v) is 12.0. The molecule has 0 radical (unpaired) electrons. The van der Waals surface area contributed by atoms with Gasteiger partial charge in [0.15, 0.2) is 0 Å². The molecule has 1 aromatic heterocycles. The summed E-state index contributed by atoms with van der Waals surface area (Å²) in [6.07, 6.45) is 7.32. The maximum atomic E-state index is 5.88. The molecule has 0 aliphatic rings. The molecule has 0 amide bonds. The van der Waals surface area contributed by atoms with Crippen molar-refractivity contribution in [1.82, 2.24) is 4.98 Å². The number of hydrogen-bond donors (Lipinski definition) is 0. The van der Waals surface area contributed by atoms with Gasteiger partial charge in [-0.2, -0.15) is 0 Å². The molecule has 0 atom stereocenters. The first-order valence-corrected chi connectivity index (χ1v) is 15.9. The molecule has 1 rings (SSSR count). The van der Waals surface area contributed by atoms with Crippen molar-refractivity contribution >= 4 is 30.5 Å². The Hall–Kier alpha value is -1.28. The van der Waals surface area contributed by atoms with E-state index in [1.54, 1.807) is 0 Å². The molecular formula is C23H43N3O5Si2. The Labute approximate surface area is 203 Å². The van der Waals surface area contributed by atoms with Gasteiger partial charge in [0.05, 0.1) is 5.69 Å². The molecule has 0 aromatic carbocycles. The Balaban J connectivity index is 2.40. The van der Waals surface area contributed by atoms with Crippen molar-refractivity contribution in [2.24, 2.45) is 9.98 Å². The summed E-state index contributed by atoms with van der Waals surface area (Å²) < 4.78 is 29.0. The van der Waals surface area contributed by atoms with Crippen LogP contribution in [-0.2, 0) is 22.1 Å². The molecule has 0 aliphatic heterocycles. The number of hydrogen-bond acceptors (Lipinski definition) is 8. The summed E-state index contributed by atoms with van der Waals surface area (Å²) in [7, 11) is -4.10. The second-order valence-electron chi connectivity index (χ2n) is 7.16. The fraction of sp³-hybridized carbons (Fsp3) is 0.696. The van der Waals surface area contributed by atoms with Gasteiger partial charge in [0.2, 0.25) is 0 Å². The summed E-state index contributed by atoms with van der Waals surface area (Å²) >= 11 is 0. The highest BCUT2D eigenvalue weighted by molar-refractivity contribution is 6.60. The van der Waals surface area contributed by atoms with Crippen molar-refractivity contribution in [1.29, 1.82) is 0 Å². The fourth-order valence-corrected chi connectivity index (χ4v) is 7.50. The molecule has 0 unspecified atom stereocenters. The van der Waals surface area contributed by atoms with E-state index in [2.05, 4.69) is 15.0 Å². The second kappa shape index (κ2) is 19.1. The molecule has 0 bridgehead atoms. The highest BCUT2D eigenvalue weighted by Crippen LogP contribution is 2.18. The zero-order valence-electron chi connectivity index (χ0n) is 21.1. The summed E-state index contributed by atoms with van der Waals surface area (Å²) in [4.78, 5) is 13.4. The summed E-state index contributed by atoms with van der Waals surface area (Å²) in [5, 5.41) is 0. The molecule has 0 aliphatic carbocycles. The third-order valence-corrected chi connectivity index (χ3v) is 10.0. The van der Waals surface area contributed by atoms with E-state index >= 15 is 0 Å². The van der Waals surface area contributed by atoms with Gasteiger partial charge in [0.1, 0.15) is 0 Å². The van der Waals surface area contributed by atoms with E-state index in [4.69, 9.17) is 22.1 Å². The summed E-state index contributed by atoms with van der Waals surface area (Å²) in [5.74, 6) is 0. The van der Waals surface area contributed by atoms with Crippen LogP contribution in [0.2, 0.25) is 12.1 Å². The largest absolute Gasteiger partial charge is 0.500 e. The Morgan fingerprint density at radius 2 is 1.42 bits per heavy atom. The van der Waals surface area contributed by atoms with Gasteiger partial charge in [-0.05, 0) is 65.6 Å². The first kappa shape index (κ1) is 29.8. The van der Waals surface area contributed by atoms with E-state index in [-0.39, 0.29) is 0 Å². The number of aliphatic imine (C=N–C) groups is 2. The summed E-state index contributed by atoms with van der Waals surface area (Å²) in [6.45, 7) is 14.6. The van der Waals surface area contributed by atoms with Crippen molar-refractivity contribution in [2.75, 3.05) is 46.1 Å². The third kappa shape index (κ3) is 13.3. The Morgan fingerprint density at radius 1 is 0.818 bits per heavy atom. The normalized spacial score (nSPS) is 12.5. The van der Waals surface area contributed by atoms with Crippen LogP contribution in [0, 0.1) is 0 Å². The van der Waals surface area contributed by atoms with Gasteiger partial charge < -0.3 is 22.1 Å². The lowest BCUT2D eigenvalue weighted by Crippen LogP contribution is -2.46. The summed E-state index contributed by atoms with van der Waals surface area (Å²) in [6, 6.07) is 5.71. The zero-order chi connectivity index (χ0) is 24.2. The fourth-order valence-electron chi connectivity index (χ4n) is 3.22. The molecule has 0 fully saturated rings. The smallest absolute Gasteiger partial charge is 0.397 e. The molecule has 0 saturated heterocycles. The van der Waals surface area contributed by atoms with E-state index in [0.717, 1.165) is 55.9 Å². The average Bonchev–Trinajstić information content (AvgIpc) is 2.80. The van der Waals surface area contributed by atoms with Crippen LogP contribution < -0.4 is 0 Å². The van der Waals surface area contributed by atoms with Crippen molar-refractivity contribution < 1.29 is 22.1 Å². The molecule has 8 nitrogen and oxygen atoms in total. The van der Waals surface area contributed by atoms with Gasteiger partial charge in [-0.3, -0.25) is 15.0 Å². The van der Waals surface area contributed by atoms with Crippen molar-refractivity contribution in [3.05, 3.63) is 29.6 Å². The van der Waals surface area contributed by atoms with Crippen LogP contribution in [0.5, 0.6) is 0 Å². The first-order valence-electron chi connectivity index (χ1n) is 12.2. The van der Waals surface area contributed by atoms with Gasteiger partial charge in [-0.1, -0.05) is 0 Å². The predicted octanol–water partition coefficient (Wildman–Crippen LogP) is 4.04. The monoisotopic (exact) mass is 497 g/mol. The van der Waals surface area contributed by atoms with Crippen LogP contribution in [-0.4, -0.2) is 81.6 Å². The van der Waals surface area contributed by atoms with Crippen LogP contribution in [0.15, 0.2) is 28.3 Å². The van der Waals surface area contributed by atoms with E-state index in [0.29, 0.717) is 26.4 Å². The van der Waals surface area contributed by atoms with Crippen LogP contribution in [0.1, 0.15) is 58.7 Å². The molecule has 188 valence electrons. The predicted molar refractivity (Wildman–Crippen MR) is 139 cm³/mol. The van der Waals surface area contributed by atoms with Crippen molar-refractivity contribution in [3.63, 3.8) is 0 Å². The van der Waals surface area contributed by atoms with Gasteiger partial charge in [-0.15, -0.1) is 0 Å². The minimum Gasteiger partial charge on any atom is -0.397 e. The lowest BCUT2D eigenvalue weighted by atomic mass is 10.3. The topological polar surface area (TPSA) is 83.8 Å². The number of rotatable bonds is 20. The Kier molecular flexibility index (Phi) is 17.2. The average molecular weight is 498 g/mol. The number of aromatic nitrogens is 1. The van der Waals surface area contributed by atoms with Crippen molar-refractivity contribution in [2.45, 2.75) is 59.5 Å². The van der Waals surface area contributed by atoms with E-state index in [9.17, 15) is 0 Å². The SMILES string of the molecule is CCO[SiH](CCC/N=C/c1ccc(/C=N/CCC[Si](OCC)(OCC)OCC)cn1)OCC. The molecule has 10 heteroatoms. The summed E-state index contributed by atoms with van der Waals surface area (Å²) in [5.41, 5.74) is 1.81. The molecule has 0 N–H and O–H groups in total. The molecule has 0 spiro atoms. The highest BCUT2D eigenvalue weighted by Gasteiger charge is 2.39. The highest BCUT2D eigenvalue weighted by atomic mass is 28.4. The number of pyridine rings is 1. The van der Waals surface area contributed by atoms with Crippen LogP contribution in [0.3, 0.4) is 0 Å². The van der Waals surface area contributed by atoms with Crippen LogP contribution >= 0.6 is 0 Å². The molecule has 33 heavy (non-hydrogen) atoms. The maximum Gasteiger partial charge on any atom is 0.500 e. The lowest BCUT2D eigenvalue weighted by molar-refractivity contribution is 0.0710. The van der Waals surface area contributed by atoms with Crippen LogP contribution in [0.25, 0.3) is 0 Å². The van der Waals surface area contributed by atoms with Gasteiger partial charge in [0.25, 0.3) is 0 Å². The standard InChI is InChI=1S/C23H43N3O5Si2/c1-6-27-32(28-7-2)17-11-15-25-21-23-14-13-22(20-26-23)19-24-16-12-18-33(29-8-3,30-9-4)31-10-5/h13-14,19-21,32H,6-12,15-18H2,1-5H3/b24-19+,25-21+. The van der Waals surface area contributed by atoms with Gasteiger partial charge in [0, 0.05) is 76.4 Å². The van der Waals surface area contributed by atoms with E-state index < -0.39 is 18.1 Å². The van der Waals surface area contributed by atoms with E-state index in [1.165, 1.54) is 0 Å². The third-order valence-electron chi connectivity index (χ3n) is 4.57. The maximum absolute atomic E-state index is 5.88. The Morgan fingerprint density at radius 3 is 1.97 bits per heavy atom. The molecular weight excluding hydrogens is 454 g/mol. The molecule has 0 saturated carbocycles. The Bertz CT molecular complexity index is 639. The van der Waals surface area contributed by atoms with Gasteiger partial charge in [-0.25, -0.2) is 0 Å². The first-order chi connectivity index (χ1) is 16.1. The van der Waals surface area contributed by atoms with Crippen molar-refractivity contribution in [3.8, 4) is 0 Å². The van der Waals surface area contributed by atoms with Gasteiger partial charge >= 0.3 is 18.1 Å². The molecule has 1 aromatic rings. The lowest BCUT2D eigenvalue weighted by Gasteiger charge is -2.28. The van der Waals surface area contributed by atoms with E-state index in [1.807, 2.05) is 65.4 Å². The quantitative estimate of drug-likeness (QED) is 0.154. The molecule has 1 heterocycles. The number of nitrogens with zero attached hydrogens (tertiary/aromatic N) is 3. The zero-order valence-corrected chi connectivity index (χ0v) is 23.3. The minimum atomic E-state index is -2.58. The minimum absolute atomic E-state index is 0.597. The van der Waals surface area contributed by atoms with Crippen LogP contribution in [0.4, 0.5) is 0 Å².